The van der Waals surface area contributed by atoms with Crippen LogP contribution in [-0.4, -0.2) is 17.0 Å². The number of carbonyl (C=O) groups excluding carboxylic acids is 2. The van der Waals surface area contributed by atoms with Gasteiger partial charge in [0.1, 0.15) is 23.2 Å². The molecule has 0 amide bonds. The minimum Gasteiger partial charge on any atom is -0.508 e. The Kier molecular flexibility index (Phi) is 12.0. The van der Waals surface area contributed by atoms with Crippen molar-refractivity contribution in [3.8, 4) is 17.2 Å². The molecule has 5 nitrogen and oxygen atoms in total. The fourth-order valence-corrected chi connectivity index (χ4v) is 3.20. The molecule has 0 radical (unpaired) electrons. The highest BCUT2D eigenvalue weighted by atomic mass is 16.5. The molecule has 2 aliphatic heterocycles. The number of esters is 2. The quantitative estimate of drug-likeness (QED) is 0.331. The van der Waals surface area contributed by atoms with E-state index in [1.807, 2.05) is 77.9 Å². The van der Waals surface area contributed by atoms with Crippen LogP contribution < -0.4 is 9.47 Å². The number of fused-ring (bicyclic) bond motifs is 2. The zero-order valence-electron chi connectivity index (χ0n) is 20.3. The number of phenols is 1. The third kappa shape index (κ3) is 6.94. The lowest BCUT2D eigenvalue weighted by atomic mass is 9.92. The maximum Gasteiger partial charge on any atom is 0.323 e. The first-order valence-electron chi connectivity index (χ1n) is 11.5. The lowest BCUT2D eigenvalue weighted by Gasteiger charge is -2.09. The molecule has 1 atom stereocenters. The number of aromatic hydroxyl groups is 1. The lowest BCUT2D eigenvalue weighted by molar-refractivity contribution is -0.133. The van der Waals surface area contributed by atoms with Gasteiger partial charge in [0.05, 0.1) is 6.42 Å². The van der Waals surface area contributed by atoms with E-state index in [2.05, 4.69) is 0 Å². The number of ether oxygens (including phenoxy) is 2. The van der Waals surface area contributed by atoms with Crippen LogP contribution in [0.3, 0.4) is 0 Å². The number of hydrogen-bond donors (Lipinski definition) is 1. The van der Waals surface area contributed by atoms with Crippen molar-refractivity contribution < 1.29 is 24.2 Å². The van der Waals surface area contributed by atoms with Crippen LogP contribution >= 0.6 is 0 Å². The van der Waals surface area contributed by atoms with Crippen molar-refractivity contribution >= 4 is 11.9 Å². The Morgan fingerprint density at radius 1 is 0.667 bits per heavy atom. The van der Waals surface area contributed by atoms with Gasteiger partial charge >= 0.3 is 11.9 Å². The van der Waals surface area contributed by atoms with Crippen LogP contribution in [0.25, 0.3) is 0 Å². The predicted octanol–water partition coefficient (Wildman–Crippen LogP) is 6.67. The van der Waals surface area contributed by atoms with Gasteiger partial charge in [-0.3, -0.25) is 9.59 Å². The first-order valence-corrected chi connectivity index (χ1v) is 11.5. The molecule has 0 saturated carbocycles. The molecule has 176 valence electrons. The van der Waals surface area contributed by atoms with E-state index < -0.39 is 5.92 Å². The highest BCUT2D eigenvalue weighted by molar-refractivity contribution is 5.90. The summed E-state index contributed by atoms with van der Waals surface area (Å²) in [7, 11) is 0. The summed E-state index contributed by atoms with van der Waals surface area (Å²) >= 11 is 0. The van der Waals surface area contributed by atoms with Gasteiger partial charge in [-0.05, 0) is 18.2 Å². The second-order valence-electron chi connectivity index (χ2n) is 6.21. The van der Waals surface area contributed by atoms with E-state index in [-0.39, 0.29) is 17.7 Å². The average molecular weight is 451 g/mol. The standard InChI is InChI=1S/C14H10O3.C8H6O2.3C2H6/c15-11-7-3-1-5-9(11)13-10-6-2-4-8-12(10)17-14(13)16;9-8-5-6-3-1-2-4-7(6)10-8;3*1-2/h1-8,13,15H;1-4H,5H2;3*1-2H3. The van der Waals surface area contributed by atoms with Crippen molar-refractivity contribution in [3.63, 3.8) is 0 Å². The van der Waals surface area contributed by atoms with E-state index in [1.54, 1.807) is 36.4 Å². The Bertz CT molecular complexity index is 999. The molecule has 0 aromatic heterocycles. The van der Waals surface area contributed by atoms with E-state index in [1.165, 1.54) is 0 Å². The number of para-hydroxylation sites is 3. The van der Waals surface area contributed by atoms with Gasteiger partial charge in [0.25, 0.3) is 0 Å². The molecule has 2 aliphatic rings. The smallest absolute Gasteiger partial charge is 0.323 e. The van der Waals surface area contributed by atoms with Crippen LogP contribution in [0.15, 0.2) is 72.8 Å². The number of rotatable bonds is 1. The van der Waals surface area contributed by atoms with E-state index in [4.69, 9.17) is 9.47 Å². The van der Waals surface area contributed by atoms with Crippen LogP contribution in [-0.2, 0) is 16.0 Å². The van der Waals surface area contributed by atoms with Crippen molar-refractivity contribution in [2.24, 2.45) is 0 Å². The molecule has 0 bridgehead atoms. The van der Waals surface area contributed by atoms with E-state index >= 15 is 0 Å². The first kappa shape index (κ1) is 27.4. The van der Waals surface area contributed by atoms with Gasteiger partial charge in [0.15, 0.2) is 0 Å². The third-order valence-corrected chi connectivity index (χ3v) is 4.46. The number of hydrogen-bond acceptors (Lipinski definition) is 5. The first-order chi connectivity index (χ1) is 16.1. The van der Waals surface area contributed by atoms with Gasteiger partial charge in [0, 0.05) is 16.7 Å². The molecule has 1 unspecified atom stereocenters. The lowest BCUT2D eigenvalue weighted by Crippen LogP contribution is -2.11. The predicted molar refractivity (Wildman–Crippen MR) is 132 cm³/mol. The van der Waals surface area contributed by atoms with Crippen molar-refractivity contribution in [2.75, 3.05) is 0 Å². The summed E-state index contributed by atoms with van der Waals surface area (Å²) < 4.78 is 10.0. The van der Waals surface area contributed by atoms with Crippen LogP contribution in [0.5, 0.6) is 17.2 Å². The molecule has 0 saturated heterocycles. The Labute approximate surface area is 197 Å². The fraction of sp³-hybridized carbons (Fsp3) is 0.286. The topological polar surface area (TPSA) is 72.8 Å². The Hall–Kier alpha value is -3.60. The summed E-state index contributed by atoms with van der Waals surface area (Å²) in [5.74, 6) is 0.394. The average Bonchev–Trinajstić information content (AvgIpc) is 3.41. The molecular formula is C28H34O5. The third-order valence-electron chi connectivity index (χ3n) is 4.46. The monoisotopic (exact) mass is 450 g/mol. The molecular weight excluding hydrogens is 416 g/mol. The summed E-state index contributed by atoms with van der Waals surface area (Å²) in [5, 5.41) is 9.81. The molecule has 0 fully saturated rings. The largest absolute Gasteiger partial charge is 0.508 e. The molecule has 0 spiro atoms. The van der Waals surface area contributed by atoms with Crippen LogP contribution in [0.2, 0.25) is 0 Å². The van der Waals surface area contributed by atoms with Crippen LogP contribution in [0, 0.1) is 0 Å². The molecule has 33 heavy (non-hydrogen) atoms. The number of phenolic OH excluding ortho intramolecular Hbond substituents is 1. The summed E-state index contributed by atoms with van der Waals surface area (Å²) in [6.45, 7) is 12.0. The molecule has 2 heterocycles. The van der Waals surface area contributed by atoms with Crippen LogP contribution in [0.1, 0.15) is 64.2 Å². The van der Waals surface area contributed by atoms with E-state index in [9.17, 15) is 14.7 Å². The zero-order chi connectivity index (χ0) is 24.8. The van der Waals surface area contributed by atoms with Gasteiger partial charge in [-0.25, -0.2) is 0 Å². The van der Waals surface area contributed by atoms with Gasteiger partial charge in [-0.1, -0.05) is 96.1 Å². The van der Waals surface area contributed by atoms with Crippen molar-refractivity contribution in [1.29, 1.82) is 0 Å². The Balaban J connectivity index is 0.000000291. The SMILES string of the molecule is CC.CC.CC.O=C1Cc2ccccc2O1.O=C1Oc2ccccc2C1c1ccccc1O. The highest BCUT2D eigenvalue weighted by Crippen LogP contribution is 2.41. The Morgan fingerprint density at radius 2 is 1.18 bits per heavy atom. The van der Waals surface area contributed by atoms with Gasteiger partial charge in [0.2, 0.25) is 0 Å². The minimum absolute atomic E-state index is 0.117. The summed E-state index contributed by atoms with van der Waals surface area (Å²) in [4.78, 5) is 22.5. The maximum atomic E-state index is 11.9. The Morgan fingerprint density at radius 3 is 1.79 bits per heavy atom. The summed E-state index contributed by atoms with van der Waals surface area (Å²) in [6.07, 6.45) is 0.427. The highest BCUT2D eigenvalue weighted by Gasteiger charge is 2.35. The zero-order valence-corrected chi connectivity index (χ0v) is 20.3. The summed E-state index contributed by atoms with van der Waals surface area (Å²) in [5.41, 5.74) is 2.38. The summed E-state index contributed by atoms with van der Waals surface area (Å²) in [6, 6.07) is 21.6. The minimum atomic E-state index is -0.521. The van der Waals surface area contributed by atoms with Gasteiger partial charge < -0.3 is 14.6 Å². The van der Waals surface area contributed by atoms with Crippen molar-refractivity contribution in [3.05, 3.63) is 89.5 Å². The van der Waals surface area contributed by atoms with Gasteiger partial charge in [-0.2, -0.15) is 0 Å². The molecule has 5 rings (SSSR count). The van der Waals surface area contributed by atoms with E-state index in [0.717, 1.165) is 11.1 Å². The van der Waals surface area contributed by atoms with Gasteiger partial charge in [-0.15, -0.1) is 0 Å². The number of benzene rings is 3. The second-order valence-corrected chi connectivity index (χ2v) is 6.21. The van der Waals surface area contributed by atoms with E-state index in [0.29, 0.717) is 23.5 Å². The number of carbonyl (C=O) groups is 2. The molecule has 1 N–H and O–H groups in total. The normalized spacial score (nSPS) is 14.1. The molecule has 3 aromatic rings. The van der Waals surface area contributed by atoms with Crippen molar-refractivity contribution in [2.45, 2.75) is 53.9 Å². The fourth-order valence-electron chi connectivity index (χ4n) is 3.20. The molecule has 5 heteroatoms. The molecule has 3 aromatic carbocycles. The molecule has 0 aliphatic carbocycles. The van der Waals surface area contributed by atoms with Crippen LogP contribution in [0.4, 0.5) is 0 Å². The van der Waals surface area contributed by atoms with Crippen molar-refractivity contribution in [1.82, 2.24) is 0 Å². The second kappa shape index (κ2) is 14.5. The maximum absolute atomic E-state index is 11.9.